The Kier molecular flexibility index (Phi) is 5.70. The van der Waals surface area contributed by atoms with Crippen molar-refractivity contribution in [3.63, 3.8) is 0 Å². The topological polar surface area (TPSA) is 41.1 Å². The maximum Gasteiger partial charge on any atom is 0.238 e. The van der Waals surface area contributed by atoms with Crippen LogP contribution in [0.2, 0.25) is 0 Å². The minimum absolute atomic E-state index is 0.0300. The molecule has 1 amide bonds. The summed E-state index contributed by atoms with van der Waals surface area (Å²) < 4.78 is 0. The Hall–Kier alpha value is -1.35. The van der Waals surface area contributed by atoms with E-state index in [1.807, 2.05) is 6.92 Å². The molecule has 0 spiro atoms. The lowest BCUT2D eigenvalue weighted by molar-refractivity contribution is -0.115. The number of likely N-dealkylation sites (N-methyl/N-ethyl adjacent to an activating group) is 1. The maximum absolute atomic E-state index is 11.7. The molecule has 0 aliphatic rings. The van der Waals surface area contributed by atoms with Crippen LogP contribution < -0.4 is 10.6 Å². The molecule has 0 unspecified atom stereocenters. The van der Waals surface area contributed by atoms with Gasteiger partial charge in [0.25, 0.3) is 0 Å². The van der Waals surface area contributed by atoms with Crippen molar-refractivity contribution in [1.82, 2.24) is 5.32 Å². The summed E-state index contributed by atoms with van der Waals surface area (Å²) in [5, 5.41) is 6.05. The smallest absolute Gasteiger partial charge is 0.238 e. The lowest BCUT2D eigenvalue weighted by Crippen LogP contribution is -2.28. The predicted octanol–water partition coefficient (Wildman–Crippen LogP) is 2.36. The number of amides is 1. The van der Waals surface area contributed by atoms with E-state index < -0.39 is 0 Å². The molecule has 1 rings (SSSR count). The van der Waals surface area contributed by atoms with Gasteiger partial charge in [0.1, 0.15) is 0 Å². The molecular weight excluding hydrogens is 212 g/mol. The maximum atomic E-state index is 11.7. The molecule has 0 aliphatic heterocycles. The Morgan fingerprint density at radius 1 is 1.12 bits per heavy atom. The van der Waals surface area contributed by atoms with Gasteiger partial charge < -0.3 is 10.6 Å². The zero-order chi connectivity index (χ0) is 12.7. The largest absolute Gasteiger partial charge is 0.324 e. The third-order valence-corrected chi connectivity index (χ3v) is 2.80. The summed E-state index contributed by atoms with van der Waals surface area (Å²) in [5.41, 5.74) is 3.41. The fourth-order valence-corrected chi connectivity index (χ4v) is 1.83. The number of carbonyl (C=O) groups is 1. The molecule has 1 aromatic carbocycles. The molecule has 94 valence electrons. The molecule has 3 nitrogen and oxygen atoms in total. The van der Waals surface area contributed by atoms with Crippen LogP contribution >= 0.6 is 0 Å². The molecule has 0 aliphatic carbocycles. The summed E-state index contributed by atoms with van der Waals surface area (Å²) in [7, 11) is 0. The van der Waals surface area contributed by atoms with Crippen molar-refractivity contribution in [1.29, 1.82) is 0 Å². The molecule has 0 saturated heterocycles. The van der Waals surface area contributed by atoms with Gasteiger partial charge in [-0.3, -0.25) is 4.79 Å². The average Bonchev–Trinajstić information content (AvgIpc) is 2.36. The highest BCUT2D eigenvalue weighted by molar-refractivity contribution is 5.93. The van der Waals surface area contributed by atoms with Crippen molar-refractivity contribution in [2.24, 2.45) is 0 Å². The van der Waals surface area contributed by atoms with E-state index in [1.54, 1.807) is 0 Å². The van der Waals surface area contributed by atoms with Crippen LogP contribution in [0, 0.1) is 0 Å². The lowest BCUT2D eigenvalue weighted by atomic mass is 10.0. The zero-order valence-corrected chi connectivity index (χ0v) is 11.0. The number of aryl methyl sites for hydroxylation is 2. The van der Waals surface area contributed by atoms with Crippen molar-refractivity contribution in [3.8, 4) is 0 Å². The first kappa shape index (κ1) is 13.7. The summed E-state index contributed by atoms with van der Waals surface area (Å²) in [4.78, 5) is 11.7. The summed E-state index contributed by atoms with van der Waals surface area (Å²) >= 11 is 0. The molecule has 0 fully saturated rings. The number of carbonyl (C=O) groups excluding carboxylic acids is 1. The minimum Gasteiger partial charge on any atom is -0.324 e. The molecule has 0 bridgehead atoms. The van der Waals surface area contributed by atoms with E-state index in [2.05, 4.69) is 42.7 Å². The lowest BCUT2D eigenvalue weighted by Gasteiger charge is -2.14. The molecule has 1 aromatic rings. The normalized spacial score (nSPS) is 10.3. The van der Waals surface area contributed by atoms with Crippen LogP contribution in [-0.2, 0) is 17.6 Å². The summed E-state index contributed by atoms with van der Waals surface area (Å²) in [5.74, 6) is 0.0300. The van der Waals surface area contributed by atoms with E-state index in [4.69, 9.17) is 0 Å². The van der Waals surface area contributed by atoms with Crippen LogP contribution in [0.1, 0.15) is 31.9 Å². The number of benzene rings is 1. The Labute approximate surface area is 104 Å². The second-order valence-corrected chi connectivity index (χ2v) is 3.99. The Bertz CT molecular complexity index is 352. The number of para-hydroxylation sites is 1. The van der Waals surface area contributed by atoms with Gasteiger partial charge in [0.2, 0.25) is 5.91 Å². The first-order valence-electron chi connectivity index (χ1n) is 6.34. The molecule has 17 heavy (non-hydrogen) atoms. The first-order chi connectivity index (χ1) is 8.22. The SMILES string of the molecule is CCNCC(=O)Nc1c(CC)cccc1CC. The van der Waals surface area contributed by atoms with E-state index in [0.29, 0.717) is 6.54 Å². The molecule has 0 heterocycles. The van der Waals surface area contributed by atoms with Gasteiger partial charge in [-0.2, -0.15) is 0 Å². The predicted molar refractivity (Wildman–Crippen MR) is 72.4 cm³/mol. The third-order valence-electron chi connectivity index (χ3n) is 2.80. The van der Waals surface area contributed by atoms with Crippen molar-refractivity contribution >= 4 is 11.6 Å². The van der Waals surface area contributed by atoms with Crippen molar-refractivity contribution < 1.29 is 4.79 Å². The highest BCUT2D eigenvalue weighted by Crippen LogP contribution is 2.22. The van der Waals surface area contributed by atoms with Gasteiger partial charge in [-0.1, -0.05) is 39.0 Å². The fourth-order valence-electron chi connectivity index (χ4n) is 1.83. The van der Waals surface area contributed by atoms with Crippen LogP contribution in [0.25, 0.3) is 0 Å². The van der Waals surface area contributed by atoms with E-state index in [1.165, 1.54) is 11.1 Å². The van der Waals surface area contributed by atoms with Gasteiger partial charge in [0, 0.05) is 5.69 Å². The summed E-state index contributed by atoms with van der Waals surface area (Å²) in [6.07, 6.45) is 1.87. The number of nitrogens with one attached hydrogen (secondary N) is 2. The summed E-state index contributed by atoms with van der Waals surface area (Å²) in [6.45, 7) is 7.38. The van der Waals surface area contributed by atoms with Gasteiger partial charge in [0.05, 0.1) is 6.54 Å². The fraction of sp³-hybridized carbons (Fsp3) is 0.500. The van der Waals surface area contributed by atoms with Crippen LogP contribution in [0.4, 0.5) is 5.69 Å². The van der Waals surface area contributed by atoms with Crippen molar-refractivity contribution in [2.75, 3.05) is 18.4 Å². The van der Waals surface area contributed by atoms with Gasteiger partial charge in [-0.05, 0) is 30.5 Å². The second-order valence-electron chi connectivity index (χ2n) is 3.99. The van der Waals surface area contributed by atoms with Crippen molar-refractivity contribution in [2.45, 2.75) is 33.6 Å². The molecule has 0 atom stereocenters. The molecule has 0 radical (unpaired) electrons. The van der Waals surface area contributed by atoms with Gasteiger partial charge in [0.15, 0.2) is 0 Å². The van der Waals surface area contributed by atoms with Gasteiger partial charge in [-0.25, -0.2) is 0 Å². The highest BCUT2D eigenvalue weighted by Gasteiger charge is 2.09. The molecular formula is C14H22N2O. The molecule has 3 heteroatoms. The average molecular weight is 234 g/mol. The first-order valence-corrected chi connectivity index (χ1v) is 6.34. The number of rotatable bonds is 6. The molecule has 0 aromatic heterocycles. The van der Waals surface area contributed by atoms with E-state index in [0.717, 1.165) is 25.1 Å². The van der Waals surface area contributed by atoms with Gasteiger partial charge in [-0.15, -0.1) is 0 Å². The standard InChI is InChI=1S/C14H22N2O/c1-4-11-8-7-9-12(5-2)14(11)16-13(17)10-15-6-3/h7-9,15H,4-6,10H2,1-3H3,(H,16,17). The van der Waals surface area contributed by atoms with Crippen molar-refractivity contribution in [3.05, 3.63) is 29.3 Å². The number of anilines is 1. The van der Waals surface area contributed by atoms with E-state index in [9.17, 15) is 4.79 Å². The van der Waals surface area contributed by atoms with E-state index in [-0.39, 0.29) is 5.91 Å². The highest BCUT2D eigenvalue weighted by atomic mass is 16.1. The minimum atomic E-state index is 0.0300. The van der Waals surface area contributed by atoms with Crippen LogP contribution in [0.3, 0.4) is 0 Å². The van der Waals surface area contributed by atoms with E-state index >= 15 is 0 Å². The Morgan fingerprint density at radius 3 is 2.18 bits per heavy atom. The number of hydrogen-bond donors (Lipinski definition) is 2. The Morgan fingerprint density at radius 2 is 1.71 bits per heavy atom. The van der Waals surface area contributed by atoms with Crippen LogP contribution in [0.5, 0.6) is 0 Å². The quantitative estimate of drug-likeness (QED) is 0.793. The molecule has 2 N–H and O–H groups in total. The van der Waals surface area contributed by atoms with Crippen LogP contribution in [-0.4, -0.2) is 19.0 Å². The Balaban J connectivity index is 2.83. The monoisotopic (exact) mass is 234 g/mol. The van der Waals surface area contributed by atoms with Crippen LogP contribution in [0.15, 0.2) is 18.2 Å². The summed E-state index contributed by atoms with van der Waals surface area (Å²) in [6, 6.07) is 6.20. The number of hydrogen-bond acceptors (Lipinski definition) is 2. The molecule has 0 saturated carbocycles. The third kappa shape index (κ3) is 3.86. The van der Waals surface area contributed by atoms with Gasteiger partial charge >= 0.3 is 0 Å². The zero-order valence-electron chi connectivity index (χ0n) is 11.0. The second kappa shape index (κ2) is 7.07.